The maximum atomic E-state index is 6.76. The predicted molar refractivity (Wildman–Crippen MR) is 178 cm³/mol. The fourth-order valence-corrected chi connectivity index (χ4v) is 3.60. The van der Waals surface area contributed by atoms with E-state index in [0.717, 1.165) is 42.8 Å². The minimum atomic E-state index is 0.823. The van der Waals surface area contributed by atoms with Gasteiger partial charge in [-0.05, 0) is 99.5 Å². The van der Waals surface area contributed by atoms with E-state index in [-0.39, 0.29) is 0 Å². The van der Waals surface area contributed by atoms with Gasteiger partial charge in [-0.1, -0.05) is 97.1 Å². The molecular formula is C37H49N3. The van der Waals surface area contributed by atoms with Crippen molar-refractivity contribution in [3.8, 4) is 0 Å². The summed E-state index contributed by atoms with van der Waals surface area (Å²) < 4.78 is 0. The molecule has 3 N–H and O–H groups in total. The van der Waals surface area contributed by atoms with Crippen LogP contribution in [0.3, 0.4) is 0 Å². The first-order valence-corrected chi connectivity index (χ1v) is 13.9. The Morgan fingerprint density at radius 3 is 1.88 bits per heavy atom. The van der Waals surface area contributed by atoms with Crippen molar-refractivity contribution in [3.05, 3.63) is 149 Å². The Balaban J connectivity index is 0.000000385. The molecule has 0 amide bonds. The summed E-state index contributed by atoms with van der Waals surface area (Å²) in [5, 5.41) is 13.4. The van der Waals surface area contributed by atoms with Crippen molar-refractivity contribution in [3.63, 3.8) is 0 Å². The molecule has 0 aliphatic heterocycles. The van der Waals surface area contributed by atoms with Gasteiger partial charge in [0.25, 0.3) is 0 Å². The Kier molecular flexibility index (Phi) is 17.1. The fourth-order valence-electron chi connectivity index (χ4n) is 3.60. The number of nitrogens with one attached hydrogen (secondary N) is 3. The average Bonchev–Trinajstić information content (AvgIpc) is 2.96. The van der Waals surface area contributed by atoms with E-state index in [1.807, 2.05) is 40.0 Å². The quantitative estimate of drug-likeness (QED) is 0.130. The van der Waals surface area contributed by atoms with Gasteiger partial charge in [-0.3, -0.25) is 0 Å². The van der Waals surface area contributed by atoms with Crippen LogP contribution in [0, 0.1) is 12.3 Å². The summed E-state index contributed by atoms with van der Waals surface area (Å²) in [6, 6.07) is 27.5. The second-order valence-electron chi connectivity index (χ2n) is 10.0. The van der Waals surface area contributed by atoms with E-state index in [1.165, 1.54) is 39.6 Å². The van der Waals surface area contributed by atoms with Crippen molar-refractivity contribution in [1.29, 1.82) is 5.41 Å². The monoisotopic (exact) mass is 535 g/mol. The molecule has 0 aromatic heterocycles. The van der Waals surface area contributed by atoms with E-state index < -0.39 is 0 Å². The Morgan fingerprint density at radius 2 is 1.38 bits per heavy atom. The molecule has 0 bridgehead atoms. The van der Waals surface area contributed by atoms with E-state index >= 15 is 0 Å². The van der Waals surface area contributed by atoms with Gasteiger partial charge in [-0.2, -0.15) is 0 Å². The Morgan fingerprint density at radius 1 is 0.800 bits per heavy atom. The molecule has 3 nitrogen and oxygen atoms in total. The topological polar surface area (TPSA) is 47.9 Å². The number of hydrogen-bond donors (Lipinski definition) is 3. The lowest BCUT2D eigenvalue weighted by molar-refractivity contribution is 0.802. The smallest absolute Gasteiger partial charge is 0.0397 e. The van der Waals surface area contributed by atoms with Crippen LogP contribution in [-0.4, -0.2) is 13.3 Å². The highest BCUT2D eigenvalue weighted by atomic mass is 14.9. The molecule has 0 heterocycles. The van der Waals surface area contributed by atoms with E-state index in [0.29, 0.717) is 0 Å². The largest absolute Gasteiger partial charge is 0.384 e. The van der Waals surface area contributed by atoms with Gasteiger partial charge in [0.05, 0.1) is 0 Å². The highest BCUT2D eigenvalue weighted by Crippen LogP contribution is 2.19. The molecule has 3 aromatic rings. The molecular weight excluding hydrogens is 486 g/mol. The summed E-state index contributed by atoms with van der Waals surface area (Å²) in [4.78, 5) is 0. The Labute approximate surface area is 244 Å². The normalized spacial score (nSPS) is 10.2. The van der Waals surface area contributed by atoms with Crippen LogP contribution in [0.1, 0.15) is 61.9 Å². The minimum absolute atomic E-state index is 0.823. The van der Waals surface area contributed by atoms with Crippen molar-refractivity contribution in [2.45, 2.75) is 60.5 Å². The summed E-state index contributed by atoms with van der Waals surface area (Å²) in [5.74, 6) is 0. The van der Waals surface area contributed by atoms with Gasteiger partial charge in [0.1, 0.15) is 0 Å². The van der Waals surface area contributed by atoms with Crippen molar-refractivity contribution in [1.82, 2.24) is 10.6 Å². The SMILES string of the molecule is C=C(/C=C(\C)NCc1ccc(CNC)cc1)c1ccccc1C.C=CCCc1ccccc1.CC(C)=C(C)C=N. The summed E-state index contributed by atoms with van der Waals surface area (Å²) in [5.41, 5.74) is 10.9. The lowest BCUT2D eigenvalue weighted by Gasteiger charge is -2.10. The molecule has 0 atom stereocenters. The Bertz CT molecular complexity index is 1230. The van der Waals surface area contributed by atoms with Crippen LogP contribution in [-0.2, 0) is 19.5 Å². The van der Waals surface area contributed by atoms with Crippen LogP contribution in [0.2, 0.25) is 0 Å². The van der Waals surface area contributed by atoms with Gasteiger partial charge in [-0.15, -0.1) is 6.58 Å². The predicted octanol–water partition coefficient (Wildman–Crippen LogP) is 9.22. The molecule has 0 spiro atoms. The van der Waals surface area contributed by atoms with Crippen LogP contribution < -0.4 is 10.6 Å². The van der Waals surface area contributed by atoms with E-state index in [9.17, 15) is 0 Å². The molecule has 0 aliphatic carbocycles. The molecule has 3 rings (SSSR count). The molecule has 3 aromatic carbocycles. The lowest BCUT2D eigenvalue weighted by atomic mass is 10.0. The average molecular weight is 536 g/mol. The molecule has 40 heavy (non-hydrogen) atoms. The van der Waals surface area contributed by atoms with E-state index in [1.54, 1.807) is 0 Å². The first-order chi connectivity index (χ1) is 19.2. The number of rotatable bonds is 11. The summed E-state index contributed by atoms with van der Waals surface area (Å²) >= 11 is 0. The van der Waals surface area contributed by atoms with Crippen molar-refractivity contribution in [2.24, 2.45) is 0 Å². The maximum absolute atomic E-state index is 6.76. The third-order valence-electron chi connectivity index (χ3n) is 6.34. The zero-order valence-corrected chi connectivity index (χ0v) is 25.5. The number of hydrogen-bond acceptors (Lipinski definition) is 3. The number of allylic oxidation sites excluding steroid dienone is 6. The van der Waals surface area contributed by atoms with Gasteiger partial charge in [0.2, 0.25) is 0 Å². The molecule has 0 fully saturated rings. The van der Waals surface area contributed by atoms with Crippen molar-refractivity contribution < 1.29 is 0 Å². The third kappa shape index (κ3) is 14.3. The van der Waals surface area contributed by atoms with E-state index in [2.05, 4.69) is 117 Å². The summed E-state index contributed by atoms with van der Waals surface area (Å²) in [6.45, 7) is 19.7. The van der Waals surface area contributed by atoms with Gasteiger partial charge in [-0.25, -0.2) is 0 Å². The van der Waals surface area contributed by atoms with Gasteiger partial charge in [0.15, 0.2) is 0 Å². The zero-order valence-electron chi connectivity index (χ0n) is 25.5. The highest BCUT2D eigenvalue weighted by molar-refractivity contribution is 5.75. The third-order valence-corrected chi connectivity index (χ3v) is 6.34. The molecule has 3 heteroatoms. The van der Waals surface area contributed by atoms with Crippen LogP contribution in [0.15, 0.2) is 121 Å². The van der Waals surface area contributed by atoms with Crippen molar-refractivity contribution in [2.75, 3.05) is 7.05 Å². The minimum Gasteiger partial charge on any atom is -0.384 e. The lowest BCUT2D eigenvalue weighted by Crippen LogP contribution is -2.11. The summed E-state index contributed by atoms with van der Waals surface area (Å²) in [6.07, 6.45) is 7.62. The zero-order chi connectivity index (χ0) is 29.8. The Hall–Kier alpha value is -3.95. The number of benzene rings is 3. The van der Waals surface area contributed by atoms with Gasteiger partial charge in [0, 0.05) is 25.0 Å². The molecule has 0 saturated heterocycles. The standard InChI is InChI=1S/C21H26N2.C10H12.C6H11N/c1-16-7-5-6-8-21(16)17(2)13-18(3)23-15-20-11-9-19(10-12-20)14-22-4;1-2-3-7-10-8-5-4-6-9-10;1-5(2)6(3)4-7/h5-13,22-23H,2,14-15H2,1,3-4H3;2,4-6,8-9H,1,3,7H2;4,7H,1-3H3/b18-13+;;. The number of aryl methyl sites for hydroxylation is 2. The second-order valence-corrected chi connectivity index (χ2v) is 10.0. The van der Waals surface area contributed by atoms with Crippen molar-refractivity contribution >= 4 is 11.8 Å². The second kappa shape index (κ2) is 20.0. The van der Waals surface area contributed by atoms with Crippen LogP contribution in [0.5, 0.6) is 0 Å². The molecule has 0 radical (unpaired) electrons. The molecule has 0 unspecified atom stereocenters. The van der Waals surface area contributed by atoms with Crippen LogP contribution >= 0.6 is 0 Å². The molecule has 0 saturated carbocycles. The summed E-state index contributed by atoms with van der Waals surface area (Å²) in [7, 11) is 1.96. The van der Waals surface area contributed by atoms with E-state index in [4.69, 9.17) is 5.41 Å². The van der Waals surface area contributed by atoms with Crippen LogP contribution in [0.25, 0.3) is 5.57 Å². The fraction of sp³-hybridized carbons (Fsp3) is 0.270. The maximum Gasteiger partial charge on any atom is 0.0397 e. The highest BCUT2D eigenvalue weighted by Gasteiger charge is 2.01. The first-order valence-electron chi connectivity index (χ1n) is 13.9. The van der Waals surface area contributed by atoms with Crippen LogP contribution in [0.4, 0.5) is 0 Å². The first kappa shape index (κ1) is 34.1. The van der Waals surface area contributed by atoms with Gasteiger partial charge >= 0.3 is 0 Å². The molecule has 0 aliphatic rings. The molecule has 212 valence electrons. The van der Waals surface area contributed by atoms with Gasteiger partial charge < -0.3 is 16.0 Å².